The molecule has 0 saturated carbocycles. The summed E-state index contributed by atoms with van der Waals surface area (Å²) < 4.78 is 2.74. The smallest absolute Gasteiger partial charge is 0.330 e. The number of carbonyl (C=O) groups is 3. The largest absolute Gasteiger partial charge is 0.460 e. The molecule has 11 heteroatoms. The number of hydrogen-bond donors (Lipinski definition) is 2. The van der Waals surface area contributed by atoms with Gasteiger partial charge >= 0.3 is 5.97 Å². The molecule has 2 heterocycles. The lowest BCUT2D eigenvalue weighted by molar-refractivity contribution is -0.164. The van der Waals surface area contributed by atoms with Crippen molar-refractivity contribution in [2.75, 3.05) is 18.5 Å². The number of benzene rings is 2. The lowest BCUT2D eigenvalue weighted by atomic mass is 9.94. The maximum absolute atomic E-state index is 13.1. The van der Waals surface area contributed by atoms with Crippen LogP contribution < -0.4 is 10.6 Å². The number of fused-ring (bicyclic) bond motifs is 1. The summed E-state index contributed by atoms with van der Waals surface area (Å²) >= 11 is 18.7. The van der Waals surface area contributed by atoms with Crippen molar-refractivity contribution in [2.45, 2.75) is 39.3 Å². The number of β-lactam (4-membered cyclic amide) rings is 1. The number of nitrogens with zero attached hydrogens (tertiary/aromatic N) is 1. The van der Waals surface area contributed by atoms with Crippen LogP contribution >= 0.6 is 46.6 Å². The fourth-order valence-electron chi connectivity index (χ4n) is 4.23. The number of amides is 2. The van der Waals surface area contributed by atoms with E-state index in [0.29, 0.717) is 6.54 Å². The molecule has 2 amide bonds. The summed E-state index contributed by atoms with van der Waals surface area (Å²) in [4.78, 5) is 40.3. The van der Waals surface area contributed by atoms with Crippen molar-refractivity contribution in [1.82, 2.24) is 10.2 Å². The minimum Gasteiger partial charge on any atom is -0.460 e. The van der Waals surface area contributed by atoms with Crippen molar-refractivity contribution in [1.29, 1.82) is 0 Å². The van der Waals surface area contributed by atoms with Crippen LogP contribution in [-0.4, -0.2) is 61.8 Å². The molecule has 0 radical (unpaired) electrons. The molecule has 2 fully saturated rings. The summed E-state index contributed by atoms with van der Waals surface area (Å²) in [6.07, 6.45) is 0.156. The maximum Gasteiger partial charge on any atom is 0.330 e. The monoisotopic (exact) mass is 555 g/mol. The van der Waals surface area contributed by atoms with Crippen LogP contribution in [0.1, 0.15) is 12.5 Å². The number of esters is 1. The highest BCUT2D eigenvalue weighted by molar-refractivity contribution is 8.01. The molecule has 4 rings (SSSR count). The standard InChI is InChI=1S/C24H24Cl3N3O4S/c1-23(13-28-16-10-6-3-7-11-16)19(22(33)34-14-24(25,26)27)30-20(32)18(21(30)35-23)29-17(31)12-15-8-4-2-5-9-15/h2-11,18-19,21,28H,12-14H2,1H3,(H,29,31)/t18?,19?,21-,23?/m0/s1. The van der Waals surface area contributed by atoms with Crippen LogP contribution in [0, 0.1) is 0 Å². The normalized spacial score (nSPS) is 25.4. The van der Waals surface area contributed by atoms with Crippen molar-refractivity contribution in [3.63, 3.8) is 0 Å². The lowest BCUT2D eigenvalue weighted by Gasteiger charge is -2.44. The van der Waals surface area contributed by atoms with Crippen molar-refractivity contribution < 1.29 is 19.1 Å². The molecule has 186 valence electrons. The molecule has 2 aliphatic rings. The number of hydrogen-bond acceptors (Lipinski definition) is 6. The summed E-state index contributed by atoms with van der Waals surface area (Å²) in [6.45, 7) is 1.80. The highest BCUT2D eigenvalue weighted by Crippen LogP contribution is 2.51. The van der Waals surface area contributed by atoms with Gasteiger partial charge in [0.15, 0.2) is 0 Å². The van der Waals surface area contributed by atoms with Crippen LogP contribution in [0.15, 0.2) is 60.7 Å². The molecule has 0 aliphatic carbocycles. The average molecular weight is 557 g/mol. The highest BCUT2D eigenvalue weighted by Gasteiger charge is 2.66. The summed E-state index contributed by atoms with van der Waals surface area (Å²) in [5, 5.41) is 5.73. The van der Waals surface area contributed by atoms with Gasteiger partial charge in [0.25, 0.3) is 0 Å². The van der Waals surface area contributed by atoms with Gasteiger partial charge in [-0.1, -0.05) is 83.3 Å². The SMILES string of the molecule is CC1(CNc2ccccc2)S[C@H]2C(NC(=O)Cc3ccccc3)C(=O)N2C1C(=O)OCC(Cl)(Cl)Cl. The molecule has 2 aromatic carbocycles. The van der Waals surface area contributed by atoms with Gasteiger partial charge in [-0.2, -0.15) is 0 Å². The van der Waals surface area contributed by atoms with Crippen LogP contribution in [0.5, 0.6) is 0 Å². The van der Waals surface area contributed by atoms with Crippen LogP contribution in [0.2, 0.25) is 0 Å². The van der Waals surface area contributed by atoms with Crippen LogP contribution in [0.25, 0.3) is 0 Å². The van der Waals surface area contributed by atoms with Crippen LogP contribution in [0.3, 0.4) is 0 Å². The second kappa shape index (κ2) is 10.5. The fraction of sp³-hybridized carbons (Fsp3) is 0.375. The molecule has 4 atom stereocenters. The number of rotatable bonds is 8. The Labute approximate surface area is 222 Å². The number of ether oxygens (including phenoxy) is 1. The summed E-state index contributed by atoms with van der Waals surface area (Å²) in [5.41, 5.74) is 1.72. The number of para-hydroxylation sites is 1. The van der Waals surface area contributed by atoms with E-state index < -0.39 is 38.6 Å². The zero-order valence-corrected chi connectivity index (χ0v) is 21.8. The van der Waals surface area contributed by atoms with Crippen molar-refractivity contribution >= 4 is 70.0 Å². The molecule has 2 N–H and O–H groups in total. The quantitative estimate of drug-likeness (QED) is 0.292. The first-order valence-electron chi connectivity index (χ1n) is 10.9. The number of thioether (sulfide) groups is 1. The van der Waals surface area contributed by atoms with Crippen molar-refractivity contribution in [3.8, 4) is 0 Å². The van der Waals surface area contributed by atoms with E-state index in [4.69, 9.17) is 39.5 Å². The Balaban J connectivity index is 1.49. The Hall–Kier alpha value is -2.13. The fourth-order valence-corrected chi connectivity index (χ4v) is 6.09. The molecule has 2 saturated heterocycles. The van der Waals surface area contributed by atoms with Crippen LogP contribution in [0.4, 0.5) is 5.69 Å². The van der Waals surface area contributed by atoms with E-state index in [2.05, 4.69) is 10.6 Å². The Morgan fingerprint density at radius 1 is 1.09 bits per heavy atom. The Morgan fingerprint density at radius 2 is 1.71 bits per heavy atom. The highest BCUT2D eigenvalue weighted by atomic mass is 35.6. The molecule has 3 unspecified atom stereocenters. The number of alkyl halides is 3. The Bertz CT molecular complexity index is 1090. The van der Waals surface area contributed by atoms with E-state index in [9.17, 15) is 14.4 Å². The summed E-state index contributed by atoms with van der Waals surface area (Å²) in [7, 11) is 0. The first kappa shape index (κ1) is 25.9. The zero-order chi connectivity index (χ0) is 25.2. The first-order chi connectivity index (χ1) is 16.6. The van der Waals surface area contributed by atoms with E-state index in [0.717, 1.165) is 11.3 Å². The van der Waals surface area contributed by atoms with Gasteiger partial charge in [0.1, 0.15) is 24.1 Å². The van der Waals surface area contributed by atoms with Gasteiger partial charge in [-0.15, -0.1) is 11.8 Å². The molecular weight excluding hydrogens is 533 g/mol. The van der Waals surface area contributed by atoms with Gasteiger partial charge < -0.3 is 20.3 Å². The second-order valence-corrected chi connectivity index (χ2v) is 12.8. The number of anilines is 1. The van der Waals surface area contributed by atoms with Gasteiger partial charge in [-0.25, -0.2) is 4.79 Å². The van der Waals surface area contributed by atoms with Gasteiger partial charge in [-0.05, 0) is 24.6 Å². The van der Waals surface area contributed by atoms with Crippen molar-refractivity contribution in [3.05, 3.63) is 66.2 Å². The van der Waals surface area contributed by atoms with Crippen LogP contribution in [-0.2, 0) is 25.5 Å². The summed E-state index contributed by atoms with van der Waals surface area (Å²) in [5.74, 6) is -1.27. The molecule has 0 spiro atoms. The lowest BCUT2D eigenvalue weighted by Crippen LogP contribution is -2.71. The van der Waals surface area contributed by atoms with E-state index in [1.165, 1.54) is 16.7 Å². The molecule has 7 nitrogen and oxygen atoms in total. The topological polar surface area (TPSA) is 87.7 Å². The maximum atomic E-state index is 13.1. The second-order valence-electron chi connectivity index (χ2n) is 8.62. The number of halogens is 3. The molecule has 2 aromatic rings. The zero-order valence-electron chi connectivity index (χ0n) is 18.7. The van der Waals surface area contributed by atoms with E-state index in [1.54, 1.807) is 0 Å². The predicted molar refractivity (Wildman–Crippen MR) is 139 cm³/mol. The minimum absolute atomic E-state index is 0.156. The summed E-state index contributed by atoms with van der Waals surface area (Å²) in [6, 6.07) is 17.1. The third-order valence-corrected chi connectivity index (χ3v) is 7.84. The Kier molecular flexibility index (Phi) is 7.76. The Morgan fingerprint density at radius 3 is 2.34 bits per heavy atom. The molecule has 0 bridgehead atoms. The number of nitrogens with one attached hydrogen (secondary N) is 2. The third-order valence-electron chi connectivity index (χ3n) is 5.87. The van der Waals surface area contributed by atoms with Gasteiger partial charge in [0.2, 0.25) is 15.6 Å². The average Bonchev–Trinajstić information content (AvgIpc) is 3.10. The minimum atomic E-state index is -1.77. The molecule has 2 aliphatic heterocycles. The van der Waals surface area contributed by atoms with E-state index in [-0.39, 0.29) is 18.2 Å². The van der Waals surface area contributed by atoms with Gasteiger partial charge in [0.05, 0.1) is 11.2 Å². The first-order valence-corrected chi connectivity index (χ1v) is 12.9. The third kappa shape index (κ3) is 6.00. The van der Waals surface area contributed by atoms with Gasteiger partial charge in [0, 0.05) is 12.2 Å². The molecular formula is C24H24Cl3N3O4S. The van der Waals surface area contributed by atoms with E-state index >= 15 is 0 Å². The van der Waals surface area contributed by atoms with Gasteiger partial charge in [-0.3, -0.25) is 9.59 Å². The molecule has 0 aromatic heterocycles. The van der Waals surface area contributed by atoms with E-state index in [1.807, 2.05) is 67.6 Å². The molecule has 35 heavy (non-hydrogen) atoms. The number of carbonyl (C=O) groups excluding carboxylic acids is 3. The van der Waals surface area contributed by atoms with Crippen molar-refractivity contribution in [2.24, 2.45) is 0 Å². The predicted octanol–water partition coefficient (Wildman–Crippen LogP) is 3.78.